The number of likely N-dealkylation sites (N-methyl/N-ethyl adjacent to an activating group) is 1. The van der Waals surface area contributed by atoms with Crippen molar-refractivity contribution in [2.75, 3.05) is 50.7 Å². The molecule has 2 heterocycles. The smallest absolute Gasteiger partial charge is 0.191 e. The highest BCUT2D eigenvalue weighted by molar-refractivity contribution is 14.0. The van der Waals surface area contributed by atoms with Crippen molar-refractivity contribution in [3.8, 4) is 0 Å². The second-order valence-electron chi connectivity index (χ2n) is 6.07. The predicted molar refractivity (Wildman–Crippen MR) is 117 cm³/mol. The molecule has 0 aromatic carbocycles. The van der Waals surface area contributed by atoms with E-state index in [0.29, 0.717) is 6.54 Å². The predicted octanol–water partition coefficient (Wildman–Crippen LogP) is 2.31. The molecule has 1 aliphatic rings. The third-order valence-corrected chi connectivity index (χ3v) is 4.26. The number of nitrogens with one attached hydrogen (secondary N) is 2. The molecule has 1 saturated heterocycles. The molecule has 142 valence electrons. The molecule has 1 aromatic rings. The third kappa shape index (κ3) is 7.35. The van der Waals surface area contributed by atoms with Crippen LogP contribution in [0.4, 0.5) is 5.82 Å². The monoisotopic (exact) mass is 460 g/mol. The van der Waals surface area contributed by atoms with Crippen LogP contribution in [0.2, 0.25) is 0 Å². The molecule has 0 aliphatic carbocycles. The minimum Gasteiger partial charge on any atom is -0.357 e. The SMILES string of the molecule is CCCNC(=NCc1ccnc(N2CCN(CC)CC2)c1)NCC.I. The maximum absolute atomic E-state index is 4.67. The fraction of sp³-hybridized carbons (Fsp3) is 0.667. The van der Waals surface area contributed by atoms with Crippen molar-refractivity contribution in [2.45, 2.75) is 33.7 Å². The third-order valence-electron chi connectivity index (χ3n) is 4.26. The Bertz CT molecular complexity index is 514. The zero-order chi connectivity index (χ0) is 17.2. The largest absolute Gasteiger partial charge is 0.357 e. The van der Waals surface area contributed by atoms with E-state index in [9.17, 15) is 0 Å². The molecule has 2 rings (SSSR count). The second kappa shape index (κ2) is 12.3. The van der Waals surface area contributed by atoms with E-state index in [1.165, 1.54) is 5.56 Å². The van der Waals surface area contributed by atoms with Crippen molar-refractivity contribution in [2.24, 2.45) is 4.99 Å². The highest BCUT2D eigenvalue weighted by Crippen LogP contribution is 2.15. The average Bonchev–Trinajstić information content (AvgIpc) is 2.64. The number of aromatic nitrogens is 1. The zero-order valence-electron chi connectivity index (χ0n) is 15.8. The van der Waals surface area contributed by atoms with Crippen LogP contribution in [-0.2, 0) is 6.54 Å². The molecule has 0 radical (unpaired) electrons. The Kier molecular flexibility index (Phi) is 10.8. The minimum atomic E-state index is 0. The number of anilines is 1. The van der Waals surface area contributed by atoms with Gasteiger partial charge in [0.2, 0.25) is 0 Å². The van der Waals surface area contributed by atoms with Crippen molar-refractivity contribution in [1.82, 2.24) is 20.5 Å². The van der Waals surface area contributed by atoms with Crippen molar-refractivity contribution >= 4 is 35.8 Å². The highest BCUT2D eigenvalue weighted by atomic mass is 127. The quantitative estimate of drug-likeness (QED) is 0.372. The number of nitrogens with zero attached hydrogens (tertiary/aromatic N) is 4. The van der Waals surface area contributed by atoms with Gasteiger partial charge in [0.15, 0.2) is 5.96 Å². The Morgan fingerprint density at radius 1 is 1.16 bits per heavy atom. The van der Waals surface area contributed by atoms with Crippen LogP contribution >= 0.6 is 24.0 Å². The molecular weight excluding hydrogens is 427 g/mol. The standard InChI is InChI=1S/C18H32N6.HI/c1-4-8-21-18(19-5-2)22-15-16-7-9-20-17(14-16)24-12-10-23(6-3)11-13-24;/h7,9,14H,4-6,8,10-13,15H2,1-3H3,(H2,19,21,22);1H. The molecule has 2 N–H and O–H groups in total. The topological polar surface area (TPSA) is 55.8 Å². The van der Waals surface area contributed by atoms with Crippen molar-refractivity contribution in [3.05, 3.63) is 23.9 Å². The lowest BCUT2D eigenvalue weighted by atomic mass is 10.2. The molecule has 0 saturated carbocycles. The van der Waals surface area contributed by atoms with Crippen LogP contribution in [0.15, 0.2) is 23.3 Å². The van der Waals surface area contributed by atoms with Gasteiger partial charge in [0, 0.05) is 45.5 Å². The van der Waals surface area contributed by atoms with E-state index in [-0.39, 0.29) is 24.0 Å². The van der Waals surface area contributed by atoms with E-state index in [4.69, 9.17) is 0 Å². The molecule has 0 atom stereocenters. The van der Waals surface area contributed by atoms with Crippen LogP contribution in [-0.4, -0.2) is 61.7 Å². The Morgan fingerprint density at radius 3 is 2.56 bits per heavy atom. The number of halogens is 1. The minimum absolute atomic E-state index is 0. The van der Waals surface area contributed by atoms with Crippen molar-refractivity contribution < 1.29 is 0 Å². The van der Waals surface area contributed by atoms with Crippen LogP contribution in [0.25, 0.3) is 0 Å². The van der Waals surface area contributed by atoms with E-state index < -0.39 is 0 Å². The Hall–Kier alpha value is -1.09. The normalized spacial score (nSPS) is 15.6. The number of pyridine rings is 1. The summed E-state index contributed by atoms with van der Waals surface area (Å²) < 4.78 is 0. The second-order valence-corrected chi connectivity index (χ2v) is 6.07. The van der Waals surface area contributed by atoms with Crippen LogP contribution in [0.3, 0.4) is 0 Å². The fourth-order valence-corrected chi connectivity index (χ4v) is 2.78. The summed E-state index contributed by atoms with van der Waals surface area (Å²) in [5, 5.41) is 6.62. The highest BCUT2D eigenvalue weighted by Gasteiger charge is 2.16. The Balaban J connectivity index is 0.00000312. The summed E-state index contributed by atoms with van der Waals surface area (Å²) >= 11 is 0. The van der Waals surface area contributed by atoms with E-state index in [1.54, 1.807) is 0 Å². The summed E-state index contributed by atoms with van der Waals surface area (Å²) in [5.74, 6) is 1.96. The van der Waals surface area contributed by atoms with Crippen molar-refractivity contribution in [3.63, 3.8) is 0 Å². The first-order chi connectivity index (χ1) is 11.8. The van der Waals surface area contributed by atoms with E-state index in [0.717, 1.165) is 64.0 Å². The van der Waals surface area contributed by atoms with Gasteiger partial charge in [-0.15, -0.1) is 24.0 Å². The first-order valence-corrected chi connectivity index (χ1v) is 9.21. The van der Waals surface area contributed by atoms with Gasteiger partial charge in [-0.1, -0.05) is 13.8 Å². The molecular formula is C18H33IN6. The lowest BCUT2D eigenvalue weighted by Crippen LogP contribution is -2.46. The van der Waals surface area contributed by atoms with E-state index in [2.05, 4.69) is 63.3 Å². The van der Waals surface area contributed by atoms with Gasteiger partial charge in [0.25, 0.3) is 0 Å². The van der Waals surface area contributed by atoms with Gasteiger partial charge < -0.3 is 20.4 Å². The number of aliphatic imine (C=N–C) groups is 1. The number of rotatable bonds is 7. The number of hydrogen-bond acceptors (Lipinski definition) is 4. The molecule has 1 fully saturated rings. The van der Waals surface area contributed by atoms with Crippen LogP contribution in [0.5, 0.6) is 0 Å². The molecule has 6 nitrogen and oxygen atoms in total. The van der Waals surface area contributed by atoms with Crippen molar-refractivity contribution in [1.29, 1.82) is 0 Å². The van der Waals surface area contributed by atoms with Gasteiger partial charge in [-0.3, -0.25) is 0 Å². The first-order valence-electron chi connectivity index (χ1n) is 9.21. The van der Waals surface area contributed by atoms with E-state index >= 15 is 0 Å². The maximum atomic E-state index is 4.67. The van der Waals surface area contributed by atoms with Gasteiger partial charge in [-0.2, -0.15) is 0 Å². The van der Waals surface area contributed by atoms with Gasteiger partial charge >= 0.3 is 0 Å². The summed E-state index contributed by atoms with van der Waals surface area (Å²) in [5.41, 5.74) is 1.20. The van der Waals surface area contributed by atoms with Gasteiger partial charge in [0.05, 0.1) is 6.54 Å². The fourth-order valence-electron chi connectivity index (χ4n) is 2.78. The molecule has 0 unspecified atom stereocenters. The summed E-state index contributed by atoms with van der Waals surface area (Å²) in [7, 11) is 0. The summed E-state index contributed by atoms with van der Waals surface area (Å²) in [4.78, 5) is 14.1. The van der Waals surface area contributed by atoms with Crippen LogP contribution in [0, 0.1) is 0 Å². The number of hydrogen-bond donors (Lipinski definition) is 2. The summed E-state index contributed by atoms with van der Waals surface area (Å²) in [6, 6.07) is 4.23. The lowest BCUT2D eigenvalue weighted by molar-refractivity contribution is 0.270. The Labute approximate surface area is 169 Å². The molecule has 7 heteroatoms. The maximum Gasteiger partial charge on any atom is 0.191 e. The average molecular weight is 460 g/mol. The Morgan fingerprint density at radius 2 is 1.92 bits per heavy atom. The van der Waals surface area contributed by atoms with Gasteiger partial charge in [-0.25, -0.2) is 9.98 Å². The molecule has 25 heavy (non-hydrogen) atoms. The lowest BCUT2D eigenvalue weighted by Gasteiger charge is -2.34. The molecule has 0 bridgehead atoms. The molecule has 1 aromatic heterocycles. The number of piperazine rings is 1. The molecule has 0 spiro atoms. The first kappa shape index (κ1) is 22.0. The van der Waals surface area contributed by atoms with Crippen LogP contribution < -0.4 is 15.5 Å². The van der Waals surface area contributed by atoms with Gasteiger partial charge in [0.1, 0.15) is 5.82 Å². The van der Waals surface area contributed by atoms with Gasteiger partial charge in [-0.05, 0) is 37.6 Å². The van der Waals surface area contributed by atoms with Crippen LogP contribution in [0.1, 0.15) is 32.8 Å². The number of guanidine groups is 1. The van der Waals surface area contributed by atoms with E-state index in [1.807, 2.05) is 6.20 Å². The summed E-state index contributed by atoms with van der Waals surface area (Å²) in [6.07, 6.45) is 2.99. The zero-order valence-corrected chi connectivity index (χ0v) is 18.1. The molecule has 1 aliphatic heterocycles. The molecule has 0 amide bonds. The summed E-state index contributed by atoms with van der Waals surface area (Å²) in [6.45, 7) is 14.4.